The molecule has 0 unspecified atom stereocenters. The van der Waals surface area contributed by atoms with E-state index in [9.17, 15) is 0 Å². The van der Waals surface area contributed by atoms with Crippen LogP contribution < -0.4 is 5.32 Å². The Bertz CT molecular complexity index is 341. The van der Waals surface area contributed by atoms with Crippen molar-refractivity contribution in [1.29, 1.82) is 0 Å². The Morgan fingerprint density at radius 3 is 2.81 bits per heavy atom. The summed E-state index contributed by atoms with van der Waals surface area (Å²) in [5, 5.41) is 7.77. The molecule has 0 atom stereocenters. The Balaban J connectivity index is 2.32. The van der Waals surface area contributed by atoms with Crippen LogP contribution in [0.25, 0.3) is 5.57 Å². The Morgan fingerprint density at radius 2 is 2.25 bits per heavy atom. The second-order valence-corrected chi connectivity index (χ2v) is 6.01. The molecule has 0 saturated carbocycles. The van der Waals surface area contributed by atoms with Gasteiger partial charge in [0, 0.05) is 15.4 Å². The van der Waals surface area contributed by atoms with Crippen LogP contribution in [0.3, 0.4) is 0 Å². The summed E-state index contributed by atoms with van der Waals surface area (Å²) in [6.45, 7) is 8.81. The molecule has 3 heteroatoms. The monoisotopic (exact) mass is 301 g/mol. The van der Waals surface area contributed by atoms with Crippen molar-refractivity contribution in [2.75, 3.05) is 13.1 Å². The minimum atomic E-state index is 0.732. The molecule has 0 aliphatic heterocycles. The summed E-state index contributed by atoms with van der Waals surface area (Å²) in [6, 6.07) is 0. The van der Waals surface area contributed by atoms with Crippen LogP contribution >= 0.6 is 27.3 Å². The van der Waals surface area contributed by atoms with Crippen molar-refractivity contribution in [2.45, 2.75) is 27.2 Å². The maximum Gasteiger partial charge on any atom is 0.0357 e. The third kappa shape index (κ3) is 4.81. The van der Waals surface area contributed by atoms with Crippen molar-refractivity contribution in [3.63, 3.8) is 0 Å². The normalized spacial score (nSPS) is 12.4. The molecule has 0 aliphatic rings. The van der Waals surface area contributed by atoms with E-state index in [-0.39, 0.29) is 0 Å². The van der Waals surface area contributed by atoms with Crippen molar-refractivity contribution in [3.8, 4) is 0 Å². The SMILES string of the molecule is CC(=CCCNCC(C)C)c1cscc1Br. The number of hydrogen-bond acceptors (Lipinski definition) is 2. The molecule has 1 rings (SSSR count). The zero-order valence-electron chi connectivity index (χ0n) is 10.2. The van der Waals surface area contributed by atoms with E-state index in [2.05, 4.69) is 58.9 Å². The molecular weight excluding hydrogens is 282 g/mol. The number of nitrogens with one attached hydrogen (secondary N) is 1. The molecule has 0 aromatic carbocycles. The highest BCUT2D eigenvalue weighted by Crippen LogP contribution is 2.27. The number of hydrogen-bond donors (Lipinski definition) is 1. The van der Waals surface area contributed by atoms with E-state index in [0.29, 0.717) is 0 Å². The van der Waals surface area contributed by atoms with Crippen molar-refractivity contribution >= 4 is 32.8 Å². The molecular formula is C13H20BrNS. The second-order valence-electron chi connectivity index (χ2n) is 4.41. The van der Waals surface area contributed by atoms with Gasteiger partial charge in [-0.15, -0.1) is 0 Å². The quantitative estimate of drug-likeness (QED) is 0.760. The molecule has 0 radical (unpaired) electrons. The fourth-order valence-corrected chi connectivity index (χ4v) is 3.12. The molecule has 1 aromatic rings. The maximum atomic E-state index is 3.56. The fourth-order valence-electron chi connectivity index (χ4n) is 1.45. The molecule has 1 aromatic heterocycles. The molecule has 90 valence electrons. The Labute approximate surface area is 111 Å². The molecule has 0 saturated heterocycles. The minimum absolute atomic E-state index is 0.732. The fraction of sp³-hybridized carbons (Fsp3) is 0.538. The van der Waals surface area contributed by atoms with E-state index in [4.69, 9.17) is 0 Å². The van der Waals surface area contributed by atoms with Gasteiger partial charge in [-0.05, 0) is 59.2 Å². The van der Waals surface area contributed by atoms with E-state index < -0.39 is 0 Å². The first kappa shape index (κ1) is 13.9. The Kier molecular flexibility index (Phi) is 6.32. The van der Waals surface area contributed by atoms with E-state index >= 15 is 0 Å². The zero-order chi connectivity index (χ0) is 12.0. The average molecular weight is 302 g/mol. The Morgan fingerprint density at radius 1 is 1.50 bits per heavy atom. The predicted molar refractivity (Wildman–Crippen MR) is 78.0 cm³/mol. The number of allylic oxidation sites excluding steroid dienone is 1. The summed E-state index contributed by atoms with van der Waals surface area (Å²) in [6.07, 6.45) is 3.40. The van der Waals surface area contributed by atoms with Crippen LogP contribution in [-0.2, 0) is 0 Å². The summed E-state index contributed by atoms with van der Waals surface area (Å²) in [7, 11) is 0. The highest BCUT2D eigenvalue weighted by Gasteiger charge is 2.01. The van der Waals surface area contributed by atoms with Gasteiger partial charge in [0.05, 0.1) is 0 Å². The lowest BCUT2D eigenvalue weighted by molar-refractivity contribution is 0.557. The van der Waals surface area contributed by atoms with Gasteiger partial charge in [-0.2, -0.15) is 11.3 Å². The average Bonchev–Trinajstić information content (AvgIpc) is 2.63. The topological polar surface area (TPSA) is 12.0 Å². The van der Waals surface area contributed by atoms with Crippen LogP contribution in [0.1, 0.15) is 32.8 Å². The number of thiophene rings is 1. The van der Waals surface area contributed by atoms with E-state index in [1.807, 2.05) is 0 Å². The zero-order valence-corrected chi connectivity index (χ0v) is 12.6. The Hall–Kier alpha value is -0.120. The van der Waals surface area contributed by atoms with Gasteiger partial charge in [0.15, 0.2) is 0 Å². The lowest BCUT2D eigenvalue weighted by Crippen LogP contribution is -2.20. The first-order valence-electron chi connectivity index (χ1n) is 5.70. The van der Waals surface area contributed by atoms with Gasteiger partial charge in [-0.25, -0.2) is 0 Å². The summed E-state index contributed by atoms with van der Waals surface area (Å²) in [5.74, 6) is 0.732. The van der Waals surface area contributed by atoms with Crippen molar-refractivity contribution in [2.24, 2.45) is 5.92 Å². The van der Waals surface area contributed by atoms with Crippen LogP contribution in [-0.4, -0.2) is 13.1 Å². The van der Waals surface area contributed by atoms with Crippen LogP contribution in [0.5, 0.6) is 0 Å². The van der Waals surface area contributed by atoms with Gasteiger partial charge in [-0.1, -0.05) is 19.9 Å². The second kappa shape index (κ2) is 7.25. The first-order chi connectivity index (χ1) is 7.61. The standard InChI is InChI=1S/C13H20BrNS/c1-10(2)7-15-6-4-5-11(3)12-8-16-9-13(12)14/h5,8-10,15H,4,6-7H2,1-3H3. The smallest absolute Gasteiger partial charge is 0.0357 e. The number of halogens is 1. The van der Waals surface area contributed by atoms with Gasteiger partial charge in [0.2, 0.25) is 0 Å². The summed E-state index contributed by atoms with van der Waals surface area (Å²) in [4.78, 5) is 0. The summed E-state index contributed by atoms with van der Waals surface area (Å²) < 4.78 is 1.21. The van der Waals surface area contributed by atoms with Crippen molar-refractivity contribution in [1.82, 2.24) is 5.32 Å². The molecule has 1 heterocycles. The van der Waals surface area contributed by atoms with Gasteiger partial charge >= 0.3 is 0 Å². The van der Waals surface area contributed by atoms with Crippen LogP contribution in [0.4, 0.5) is 0 Å². The molecule has 0 fully saturated rings. The number of rotatable bonds is 6. The minimum Gasteiger partial charge on any atom is -0.316 e. The van der Waals surface area contributed by atoms with Crippen LogP contribution in [0.2, 0.25) is 0 Å². The molecule has 1 N–H and O–H groups in total. The molecule has 0 bridgehead atoms. The lowest BCUT2D eigenvalue weighted by atomic mass is 10.1. The van der Waals surface area contributed by atoms with Crippen molar-refractivity contribution < 1.29 is 0 Å². The van der Waals surface area contributed by atoms with Crippen LogP contribution in [0, 0.1) is 5.92 Å². The molecule has 1 nitrogen and oxygen atoms in total. The summed E-state index contributed by atoms with van der Waals surface area (Å²) >= 11 is 5.30. The molecule has 0 amide bonds. The highest BCUT2D eigenvalue weighted by molar-refractivity contribution is 9.10. The van der Waals surface area contributed by atoms with Gasteiger partial charge in [0.25, 0.3) is 0 Å². The summed E-state index contributed by atoms with van der Waals surface area (Å²) in [5.41, 5.74) is 2.69. The molecule has 16 heavy (non-hydrogen) atoms. The van der Waals surface area contributed by atoms with Gasteiger partial charge in [0.1, 0.15) is 0 Å². The van der Waals surface area contributed by atoms with Crippen molar-refractivity contribution in [3.05, 3.63) is 26.9 Å². The molecule has 0 aliphatic carbocycles. The molecule has 0 spiro atoms. The van der Waals surface area contributed by atoms with Gasteiger partial charge < -0.3 is 5.32 Å². The van der Waals surface area contributed by atoms with Gasteiger partial charge in [-0.3, -0.25) is 0 Å². The largest absolute Gasteiger partial charge is 0.316 e. The lowest BCUT2D eigenvalue weighted by Gasteiger charge is -2.05. The van der Waals surface area contributed by atoms with E-state index in [1.54, 1.807) is 11.3 Å². The van der Waals surface area contributed by atoms with E-state index in [0.717, 1.165) is 25.4 Å². The first-order valence-corrected chi connectivity index (χ1v) is 7.44. The maximum absolute atomic E-state index is 3.56. The van der Waals surface area contributed by atoms with E-state index in [1.165, 1.54) is 15.6 Å². The van der Waals surface area contributed by atoms with Crippen LogP contribution in [0.15, 0.2) is 21.3 Å². The third-order valence-electron chi connectivity index (χ3n) is 2.36. The third-order valence-corrected chi connectivity index (χ3v) is 4.07. The predicted octanol–water partition coefficient (Wildman–Crippen LogP) is 4.55. The highest BCUT2D eigenvalue weighted by atomic mass is 79.9.